The first kappa shape index (κ1) is 10.8. The molecule has 2 N–H and O–H groups in total. The van der Waals surface area contributed by atoms with E-state index in [0.717, 1.165) is 30.5 Å². The third-order valence-corrected chi connectivity index (χ3v) is 2.32. The van der Waals surface area contributed by atoms with Gasteiger partial charge in [0.15, 0.2) is 0 Å². The van der Waals surface area contributed by atoms with Gasteiger partial charge >= 0.3 is 0 Å². The molecule has 0 saturated carbocycles. The maximum atomic E-state index is 4.42. The van der Waals surface area contributed by atoms with Crippen molar-refractivity contribution in [1.82, 2.24) is 15.3 Å². The molecule has 1 aromatic carbocycles. The lowest BCUT2D eigenvalue weighted by atomic mass is 10.2. The molecule has 0 unspecified atom stereocenters. The van der Waals surface area contributed by atoms with Crippen molar-refractivity contribution in [2.75, 3.05) is 25.0 Å². The van der Waals surface area contributed by atoms with Crippen molar-refractivity contribution in [1.29, 1.82) is 0 Å². The van der Waals surface area contributed by atoms with E-state index in [0.29, 0.717) is 5.95 Å². The number of likely N-dealkylation sites (N-methyl/N-ethyl adjacent to an activating group) is 1. The predicted molar refractivity (Wildman–Crippen MR) is 66.6 cm³/mol. The normalized spacial score (nSPS) is 10.6. The molecule has 0 amide bonds. The number of hydrogen-bond donors (Lipinski definition) is 2. The summed E-state index contributed by atoms with van der Waals surface area (Å²) in [5, 5.41) is 7.49. The Kier molecular flexibility index (Phi) is 3.66. The maximum Gasteiger partial charge on any atom is 0.223 e. The van der Waals surface area contributed by atoms with Crippen LogP contribution < -0.4 is 10.6 Å². The largest absolute Gasteiger partial charge is 0.353 e. The monoisotopic (exact) mass is 216 g/mol. The average Bonchev–Trinajstić information content (AvgIpc) is 2.34. The van der Waals surface area contributed by atoms with E-state index in [4.69, 9.17) is 0 Å². The first-order chi connectivity index (χ1) is 7.90. The zero-order valence-corrected chi connectivity index (χ0v) is 9.40. The summed E-state index contributed by atoms with van der Waals surface area (Å²) in [6.45, 7) is 4.84. The maximum absolute atomic E-state index is 4.42. The molecule has 16 heavy (non-hydrogen) atoms. The van der Waals surface area contributed by atoms with E-state index in [2.05, 4.69) is 27.5 Å². The van der Waals surface area contributed by atoms with Crippen LogP contribution in [0.5, 0.6) is 0 Å². The van der Waals surface area contributed by atoms with Crippen LogP contribution in [0.4, 0.5) is 5.95 Å². The fourth-order valence-electron chi connectivity index (χ4n) is 1.50. The molecule has 0 aliphatic heterocycles. The Morgan fingerprint density at radius 1 is 1.19 bits per heavy atom. The van der Waals surface area contributed by atoms with Gasteiger partial charge in [-0.2, -0.15) is 0 Å². The van der Waals surface area contributed by atoms with Gasteiger partial charge in [0, 0.05) is 24.7 Å². The van der Waals surface area contributed by atoms with Gasteiger partial charge in [0.05, 0.1) is 5.52 Å². The number of anilines is 1. The zero-order chi connectivity index (χ0) is 11.2. The molecule has 0 fully saturated rings. The van der Waals surface area contributed by atoms with Crippen LogP contribution >= 0.6 is 0 Å². The minimum Gasteiger partial charge on any atom is -0.353 e. The summed E-state index contributed by atoms with van der Waals surface area (Å²) in [6, 6.07) is 7.98. The van der Waals surface area contributed by atoms with E-state index >= 15 is 0 Å². The number of aromatic nitrogens is 2. The number of fused-ring (bicyclic) bond motifs is 1. The van der Waals surface area contributed by atoms with Crippen LogP contribution in [0.15, 0.2) is 30.5 Å². The van der Waals surface area contributed by atoms with Crippen molar-refractivity contribution in [2.24, 2.45) is 0 Å². The van der Waals surface area contributed by atoms with E-state index in [1.54, 1.807) is 0 Å². The van der Waals surface area contributed by atoms with Crippen LogP contribution in [0.3, 0.4) is 0 Å². The second-order valence-corrected chi connectivity index (χ2v) is 3.53. The number of benzene rings is 1. The third-order valence-electron chi connectivity index (χ3n) is 2.32. The Hall–Kier alpha value is -1.68. The van der Waals surface area contributed by atoms with Gasteiger partial charge in [0.2, 0.25) is 5.95 Å². The molecule has 0 aliphatic rings. The van der Waals surface area contributed by atoms with Crippen molar-refractivity contribution >= 4 is 16.9 Å². The summed E-state index contributed by atoms with van der Waals surface area (Å²) >= 11 is 0. The highest BCUT2D eigenvalue weighted by atomic mass is 15.1. The molecule has 1 heterocycles. The molecule has 1 aromatic heterocycles. The molecule has 0 aliphatic carbocycles. The van der Waals surface area contributed by atoms with Gasteiger partial charge in [-0.3, -0.25) is 0 Å². The predicted octanol–water partition coefficient (Wildman–Crippen LogP) is 1.65. The third kappa shape index (κ3) is 2.67. The molecule has 0 radical (unpaired) electrons. The van der Waals surface area contributed by atoms with Gasteiger partial charge in [-0.15, -0.1) is 0 Å². The van der Waals surface area contributed by atoms with Gasteiger partial charge in [0.25, 0.3) is 0 Å². The highest BCUT2D eigenvalue weighted by molar-refractivity contribution is 5.78. The van der Waals surface area contributed by atoms with Crippen LogP contribution in [0.2, 0.25) is 0 Å². The lowest BCUT2D eigenvalue weighted by molar-refractivity contribution is 0.736. The fraction of sp³-hybridized carbons (Fsp3) is 0.333. The van der Waals surface area contributed by atoms with Crippen LogP contribution in [0.25, 0.3) is 10.9 Å². The van der Waals surface area contributed by atoms with Gasteiger partial charge in [-0.1, -0.05) is 25.1 Å². The van der Waals surface area contributed by atoms with Crippen molar-refractivity contribution in [3.8, 4) is 0 Å². The molecule has 2 aromatic rings. The molecule has 4 nitrogen and oxygen atoms in total. The van der Waals surface area contributed by atoms with E-state index < -0.39 is 0 Å². The summed E-state index contributed by atoms with van der Waals surface area (Å²) in [7, 11) is 0. The number of rotatable bonds is 5. The van der Waals surface area contributed by atoms with Crippen molar-refractivity contribution in [3.63, 3.8) is 0 Å². The van der Waals surface area contributed by atoms with Crippen molar-refractivity contribution < 1.29 is 0 Å². The van der Waals surface area contributed by atoms with Crippen molar-refractivity contribution in [3.05, 3.63) is 30.5 Å². The minimum absolute atomic E-state index is 0.691. The second kappa shape index (κ2) is 5.42. The smallest absolute Gasteiger partial charge is 0.223 e. The molecular formula is C12H16N4. The van der Waals surface area contributed by atoms with E-state index in [1.807, 2.05) is 30.5 Å². The number of hydrogen-bond acceptors (Lipinski definition) is 4. The summed E-state index contributed by atoms with van der Waals surface area (Å²) < 4.78 is 0. The lowest BCUT2D eigenvalue weighted by Crippen LogP contribution is -2.22. The molecule has 2 rings (SSSR count). The average molecular weight is 216 g/mol. The topological polar surface area (TPSA) is 49.8 Å². The van der Waals surface area contributed by atoms with Gasteiger partial charge < -0.3 is 10.6 Å². The molecular weight excluding hydrogens is 200 g/mol. The van der Waals surface area contributed by atoms with Gasteiger partial charge in [0.1, 0.15) is 0 Å². The molecule has 0 bridgehead atoms. The van der Waals surface area contributed by atoms with E-state index in [9.17, 15) is 0 Å². The van der Waals surface area contributed by atoms with Crippen molar-refractivity contribution in [2.45, 2.75) is 6.92 Å². The van der Waals surface area contributed by atoms with Gasteiger partial charge in [-0.25, -0.2) is 9.97 Å². The van der Waals surface area contributed by atoms with Crippen LogP contribution in [-0.2, 0) is 0 Å². The Bertz CT molecular complexity index is 455. The SMILES string of the molecule is CCNCCNc1ncc2ccccc2n1. The Morgan fingerprint density at radius 3 is 2.94 bits per heavy atom. The number of nitrogens with zero attached hydrogens (tertiary/aromatic N) is 2. The molecule has 84 valence electrons. The molecule has 0 saturated heterocycles. The highest BCUT2D eigenvalue weighted by Gasteiger charge is 1.97. The Balaban J connectivity index is 2.02. The highest BCUT2D eigenvalue weighted by Crippen LogP contribution is 2.11. The summed E-state index contributed by atoms with van der Waals surface area (Å²) in [5.41, 5.74) is 0.975. The summed E-state index contributed by atoms with van der Waals surface area (Å²) in [4.78, 5) is 8.68. The molecule has 0 atom stereocenters. The first-order valence-electron chi connectivity index (χ1n) is 5.56. The standard InChI is InChI=1S/C12H16N4/c1-2-13-7-8-14-12-15-9-10-5-3-4-6-11(10)16-12/h3-6,9,13H,2,7-8H2,1H3,(H,14,15,16). The number of nitrogens with one attached hydrogen (secondary N) is 2. The van der Waals surface area contributed by atoms with Gasteiger partial charge in [-0.05, 0) is 12.6 Å². The van der Waals surface area contributed by atoms with Crippen LogP contribution in [0.1, 0.15) is 6.92 Å². The zero-order valence-electron chi connectivity index (χ0n) is 9.40. The van der Waals surface area contributed by atoms with E-state index in [1.165, 1.54) is 0 Å². The quantitative estimate of drug-likeness (QED) is 0.746. The summed E-state index contributed by atoms with van der Waals surface area (Å²) in [5.74, 6) is 0.691. The molecule has 0 spiro atoms. The van der Waals surface area contributed by atoms with E-state index in [-0.39, 0.29) is 0 Å². The lowest BCUT2D eigenvalue weighted by Gasteiger charge is -2.05. The Morgan fingerprint density at radius 2 is 2.06 bits per heavy atom. The molecule has 4 heteroatoms. The number of para-hydroxylation sites is 1. The minimum atomic E-state index is 0.691. The Labute approximate surface area is 95.1 Å². The van der Waals surface area contributed by atoms with Crippen LogP contribution in [0, 0.1) is 0 Å². The second-order valence-electron chi connectivity index (χ2n) is 3.53. The van der Waals surface area contributed by atoms with Crippen LogP contribution in [-0.4, -0.2) is 29.6 Å². The first-order valence-corrected chi connectivity index (χ1v) is 5.56. The summed E-state index contributed by atoms with van der Waals surface area (Å²) in [6.07, 6.45) is 1.85. The fourth-order valence-corrected chi connectivity index (χ4v) is 1.50.